The molecule has 0 spiro atoms. The number of aliphatic hydroxyl groups excluding tert-OH is 1. The first kappa shape index (κ1) is 42.2. The molecule has 0 bridgehead atoms. The van der Waals surface area contributed by atoms with Crippen LogP contribution in [-0.2, 0) is 35.2 Å². The smallest absolute Gasteiger partial charge is 0.254 e. The van der Waals surface area contributed by atoms with E-state index >= 15 is 0 Å². The van der Waals surface area contributed by atoms with Crippen molar-refractivity contribution in [3.63, 3.8) is 0 Å². The summed E-state index contributed by atoms with van der Waals surface area (Å²) in [5.41, 5.74) is 0.735. The van der Waals surface area contributed by atoms with Crippen LogP contribution in [0.1, 0.15) is 76.7 Å². The molecular weight excluding hydrogens is 710 g/mol. The molecule has 0 radical (unpaired) electrons. The lowest BCUT2D eigenvalue weighted by molar-refractivity contribution is -0.142. The molecule has 1 fully saturated rings. The van der Waals surface area contributed by atoms with E-state index in [9.17, 15) is 43.8 Å². The molecule has 7 amide bonds. The van der Waals surface area contributed by atoms with Gasteiger partial charge in [0.2, 0.25) is 35.4 Å². The quantitative estimate of drug-likeness (QED) is 0.207. The number of rotatable bonds is 6. The highest BCUT2D eigenvalue weighted by atomic mass is 16.3. The molecule has 4 rings (SSSR count). The first-order chi connectivity index (χ1) is 26.0. The van der Waals surface area contributed by atoms with E-state index in [0.717, 1.165) is 0 Å². The van der Waals surface area contributed by atoms with Crippen LogP contribution in [0.2, 0.25) is 0 Å². The second-order valence-electron chi connectivity index (χ2n) is 14.7. The van der Waals surface area contributed by atoms with Crippen molar-refractivity contribution in [2.45, 2.75) is 110 Å². The number of fused-ring (bicyclic) bond motifs is 2. The van der Waals surface area contributed by atoms with Gasteiger partial charge < -0.3 is 47.0 Å². The molecule has 8 atom stereocenters. The number of hydrogen-bond acceptors (Lipinski definition) is 9. The van der Waals surface area contributed by atoms with Crippen LogP contribution in [0.25, 0.3) is 0 Å². The maximum Gasteiger partial charge on any atom is 0.254 e. The molecule has 16 heteroatoms. The normalized spacial score (nSPS) is 26.1. The Balaban J connectivity index is 1.76. The highest BCUT2D eigenvalue weighted by Gasteiger charge is 2.41. The average Bonchev–Trinajstić information content (AvgIpc) is 3.64. The Morgan fingerprint density at radius 1 is 0.745 bits per heavy atom. The fourth-order valence-electron chi connectivity index (χ4n) is 6.57. The molecular formula is C39H53N7O9. The van der Waals surface area contributed by atoms with Crippen molar-refractivity contribution in [1.29, 1.82) is 0 Å². The molecule has 2 aromatic rings. The molecule has 0 aliphatic carbocycles. The van der Waals surface area contributed by atoms with Gasteiger partial charge in [0.15, 0.2) is 0 Å². The van der Waals surface area contributed by atoms with Crippen LogP contribution >= 0.6 is 0 Å². The van der Waals surface area contributed by atoms with Crippen LogP contribution in [0.15, 0.2) is 48.5 Å². The lowest BCUT2D eigenvalue weighted by Crippen LogP contribution is -2.62. The van der Waals surface area contributed by atoms with Gasteiger partial charge in [-0.15, -0.1) is 0 Å². The Morgan fingerprint density at radius 2 is 1.38 bits per heavy atom. The van der Waals surface area contributed by atoms with Gasteiger partial charge in [-0.2, -0.15) is 0 Å². The Bertz CT molecular complexity index is 1750. The predicted molar refractivity (Wildman–Crippen MR) is 202 cm³/mol. The number of anilines is 1. The molecule has 298 valence electrons. The minimum Gasteiger partial charge on any atom is -0.508 e. The van der Waals surface area contributed by atoms with Gasteiger partial charge in [-0.05, 0) is 68.4 Å². The van der Waals surface area contributed by atoms with E-state index in [1.54, 1.807) is 45.0 Å². The van der Waals surface area contributed by atoms with Gasteiger partial charge in [-0.1, -0.05) is 58.4 Å². The topological polar surface area (TPSA) is 235 Å². The summed E-state index contributed by atoms with van der Waals surface area (Å²) >= 11 is 0. The third kappa shape index (κ3) is 10.6. The van der Waals surface area contributed by atoms with Crippen molar-refractivity contribution >= 4 is 47.0 Å². The number of phenols is 1. The SMILES string of the molecule is CC[C@H](C)[C@@H]1NC(=O)[C@H](C)NC(=O)C([C@@H](C)O)NC(=O)[C@H](Cc2ccc(O)cc2)NC(=O)C(C(C)C)NC(=O)c2ccccc2NC(=O)[C@@H]2CCCN2C1=O. The molecule has 2 aliphatic heterocycles. The molecule has 2 aliphatic rings. The van der Waals surface area contributed by atoms with Gasteiger partial charge in [-0.25, -0.2) is 0 Å². The number of nitrogens with zero attached hydrogens (tertiary/aromatic N) is 1. The molecule has 1 saturated heterocycles. The zero-order valence-corrected chi connectivity index (χ0v) is 32.0. The standard InChI is InChI=1S/C39H53N7O9/c1-7-21(4)31-39(55)46-18-10-13-29(46)36(52)41-27-12-9-8-11-26(27)34(50)43-30(20(2)3)37(53)42-28(19-24-14-16-25(48)17-15-24)35(51)45-32(23(6)47)38(54)40-22(5)33(49)44-31/h8-9,11-12,14-17,20-23,28-32,47-48H,7,10,13,18-19H2,1-6H3,(H,40,54)(H,41,52)(H,42,53)(H,43,50)(H,44,49)(H,45,51)/t21-,22-,23+,28-,29-,30?,31-,32?/m0/s1. The van der Waals surface area contributed by atoms with Gasteiger partial charge in [-0.3, -0.25) is 33.6 Å². The Morgan fingerprint density at radius 3 is 2.02 bits per heavy atom. The molecule has 2 aromatic carbocycles. The Kier molecular flexibility index (Phi) is 14.4. The first-order valence-corrected chi connectivity index (χ1v) is 18.7. The number of carbonyl (C=O) groups excluding carboxylic acids is 7. The van der Waals surface area contributed by atoms with E-state index in [0.29, 0.717) is 24.8 Å². The van der Waals surface area contributed by atoms with Crippen molar-refractivity contribution < 1.29 is 43.8 Å². The highest BCUT2D eigenvalue weighted by molar-refractivity contribution is 6.07. The van der Waals surface area contributed by atoms with E-state index in [1.165, 1.54) is 43.0 Å². The number of amides is 7. The van der Waals surface area contributed by atoms with Crippen LogP contribution < -0.4 is 31.9 Å². The van der Waals surface area contributed by atoms with Gasteiger partial charge >= 0.3 is 0 Å². The largest absolute Gasteiger partial charge is 0.508 e. The number of aliphatic hydroxyl groups is 1. The van der Waals surface area contributed by atoms with E-state index in [4.69, 9.17) is 0 Å². The summed E-state index contributed by atoms with van der Waals surface area (Å²) in [5.74, 6) is -5.78. The fourth-order valence-corrected chi connectivity index (χ4v) is 6.57. The van der Waals surface area contributed by atoms with Crippen LogP contribution in [0, 0.1) is 11.8 Å². The van der Waals surface area contributed by atoms with E-state index < -0.39 is 89.6 Å². The minimum atomic E-state index is -1.58. The Hall–Kier alpha value is -5.51. The summed E-state index contributed by atoms with van der Waals surface area (Å²) in [6.07, 6.45) is -0.204. The van der Waals surface area contributed by atoms with Crippen LogP contribution in [0.5, 0.6) is 5.75 Å². The van der Waals surface area contributed by atoms with Crippen molar-refractivity contribution in [1.82, 2.24) is 31.5 Å². The van der Waals surface area contributed by atoms with Crippen LogP contribution in [0.4, 0.5) is 5.69 Å². The number of para-hydroxylation sites is 1. The molecule has 16 nitrogen and oxygen atoms in total. The third-order valence-corrected chi connectivity index (χ3v) is 10.1. The monoisotopic (exact) mass is 763 g/mol. The van der Waals surface area contributed by atoms with Gasteiger partial charge in [0, 0.05) is 13.0 Å². The average molecular weight is 764 g/mol. The summed E-state index contributed by atoms with van der Waals surface area (Å²) in [6, 6.07) is 4.86. The number of phenolic OH excluding ortho intramolecular Hbond substituents is 1. The summed E-state index contributed by atoms with van der Waals surface area (Å²) in [5, 5.41) is 36.4. The first-order valence-electron chi connectivity index (χ1n) is 18.7. The van der Waals surface area contributed by atoms with Crippen molar-refractivity contribution in [3.05, 3.63) is 59.7 Å². The number of carbonyl (C=O) groups is 7. The second-order valence-corrected chi connectivity index (χ2v) is 14.7. The van der Waals surface area contributed by atoms with Crippen LogP contribution in [0.3, 0.4) is 0 Å². The van der Waals surface area contributed by atoms with E-state index in [1.807, 2.05) is 6.92 Å². The molecule has 0 saturated carbocycles. The van der Waals surface area contributed by atoms with E-state index in [2.05, 4.69) is 31.9 Å². The van der Waals surface area contributed by atoms with Gasteiger partial charge in [0.1, 0.15) is 42.0 Å². The summed E-state index contributed by atoms with van der Waals surface area (Å²) in [4.78, 5) is 97.9. The maximum absolute atomic E-state index is 14.1. The Labute approximate surface area is 320 Å². The number of aromatic hydroxyl groups is 1. The zero-order valence-electron chi connectivity index (χ0n) is 32.0. The summed E-state index contributed by atoms with van der Waals surface area (Å²) < 4.78 is 0. The van der Waals surface area contributed by atoms with Crippen molar-refractivity contribution in [2.24, 2.45) is 11.8 Å². The van der Waals surface area contributed by atoms with E-state index in [-0.39, 0.29) is 35.9 Å². The second kappa shape index (κ2) is 18.7. The number of benzene rings is 2. The van der Waals surface area contributed by atoms with Crippen molar-refractivity contribution in [2.75, 3.05) is 11.9 Å². The fraction of sp³-hybridized carbons (Fsp3) is 0.513. The molecule has 55 heavy (non-hydrogen) atoms. The zero-order chi connectivity index (χ0) is 40.6. The molecule has 8 N–H and O–H groups in total. The molecule has 2 unspecified atom stereocenters. The third-order valence-electron chi connectivity index (χ3n) is 10.1. The summed E-state index contributed by atoms with van der Waals surface area (Å²) in [6.45, 7) is 9.94. The number of hydrogen-bond donors (Lipinski definition) is 8. The van der Waals surface area contributed by atoms with Crippen LogP contribution in [-0.4, -0.2) is 105 Å². The minimum absolute atomic E-state index is 0.0248. The molecule has 0 aromatic heterocycles. The maximum atomic E-state index is 14.1. The number of nitrogens with one attached hydrogen (secondary N) is 6. The predicted octanol–water partition coefficient (Wildman–Crippen LogP) is 0.718. The highest BCUT2D eigenvalue weighted by Crippen LogP contribution is 2.24. The lowest BCUT2D eigenvalue weighted by atomic mass is 9.97. The lowest BCUT2D eigenvalue weighted by Gasteiger charge is -2.32. The van der Waals surface area contributed by atoms with Gasteiger partial charge in [0.05, 0.1) is 17.4 Å². The van der Waals surface area contributed by atoms with Gasteiger partial charge in [0.25, 0.3) is 5.91 Å². The summed E-state index contributed by atoms with van der Waals surface area (Å²) in [7, 11) is 0. The molecule has 2 heterocycles. The van der Waals surface area contributed by atoms with Crippen molar-refractivity contribution in [3.8, 4) is 5.75 Å².